The van der Waals surface area contributed by atoms with Crippen molar-refractivity contribution < 1.29 is 27.8 Å². The minimum absolute atomic E-state index is 0.155. The fourth-order valence-electron chi connectivity index (χ4n) is 3.12. The van der Waals surface area contributed by atoms with Crippen LogP contribution in [-0.4, -0.2) is 71.1 Å². The summed E-state index contributed by atoms with van der Waals surface area (Å²) in [7, 11) is 0. The molecule has 0 aliphatic carbocycles. The Morgan fingerprint density at radius 2 is 1.92 bits per heavy atom. The maximum atomic E-state index is 12.5. The summed E-state index contributed by atoms with van der Waals surface area (Å²) in [6.07, 6.45) is -4.08. The van der Waals surface area contributed by atoms with Crippen LogP contribution in [-0.2, 0) is 15.7 Å². The number of hydrogen-bond acceptors (Lipinski definition) is 6. The Balaban J connectivity index is 1.66. The highest BCUT2D eigenvalue weighted by atomic mass is 19.4. The number of ether oxygens (including phenoxy) is 1. The lowest BCUT2D eigenvalue weighted by atomic mass is 9.95. The molecule has 10 heteroatoms. The molecule has 132 valence electrons. The van der Waals surface area contributed by atoms with Gasteiger partial charge in [0.25, 0.3) is 0 Å². The average molecular weight is 346 g/mol. The second-order valence-electron chi connectivity index (χ2n) is 5.89. The highest BCUT2D eigenvalue weighted by molar-refractivity contribution is 5.79. The molecule has 0 aromatic carbocycles. The summed E-state index contributed by atoms with van der Waals surface area (Å²) in [5.41, 5.74) is -2.03. The Labute approximate surface area is 136 Å². The maximum Gasteiger partial charge on any atom is 0.435 e. The lowest BCUT2D eigenvalue weighted by molar-refractivity contribution is -0.152. The summed E-state index contributed by atoms with van der Waals surface area (Å²) in [6.45, 7) is 2.44. The predicted octanol–water partition coefficient (Wildman–Crippen LogP) is 0.861. The number of alkyl halides is 3. The Bertz CT molecular complexity index is 594. The first-order chi connectivity index (χ1) is 11.3. The van der Waals surface area contributed by atoms with Crippen molar-refractivity contribution >= 4 is 11.8 Å². The van der Waals surface area contributed by atoms with E-state index in [2.05, 4.69) is 10.2 Å². The van der Waals surface area contributed by atoms with Crippen molar-refractivity contribution in [3.05, 3.63) is 17.8 Å². The smallest absolute Gasteiger partial charge is 0.435 e. The number of aromatic nitrogens is 2. The topological polar surface area (TPSA) is 78.8 Å². The van der Waals surface area contributed by atoms with E-state index in [0.29, 0.717) is 45.0 Å². The largest absolute Gasteiger partial charge is 0.480 e. The molecule has 0 spiro atoms. The number of carbonyl (C=O) groups is 1. The van der Waals surface area contributed by atoms with Crippen molar-refractivity contribution in [2.45, 2.75) is 18.1 Å². The first kappa shape index (κ1) is 16.9. The van der Waals surface area contributed by atoms with Gasteiger partial charge in [-0.3, -0.25) is 9.69 Å². The Morgan fingerprint density at radius 3 is 2.38 bits per heavy atom. The molecule has 2 saturated heterocycles. The number of carboxylic acids is 1. The molecule has 3 rings (SSSR count). The van der Waals surface area contributed by atoms with E-state index < -0.39 is 23.4 Å². The number of anilines is 1. The van der Waals surface area contributed by atoms with E-state index in [9.17, 15) is 23.1 Å². The van der Waals surface area contributed by atoms with Gasteiger partial charge in [0.15, 0.2) is 11.5 Å². The minimum atomic E-state index is -4.51. The van der Waals surface area contributed by atoms with Gasteiger partial charge in [0.1, 0.15) is 5.54 Å². The van der Waals surface area contributed by atoms with Gasteiger partial charge in [0.2, 0.25) is 0 Å². The van der Waals surface area contributed by atoms with Gasteiger partial charge >= 0.3 is 12.1 Å². The molecule has 1 atom stereocenters. The first-order valence-corrected chi connectivity index (χ1v) is 7.55. The van der Waals surface area contributed by atoms with Crippen molar-refractivity contribution in [3.63, 3.8) is 0 Å². The third-order valence-corrected chi connectivity index (χ3v) is 4.55. The number of aliphatic carboxylic acids is 1. The van der Waals surface area contributed by atoms with Gasteiger partial charge in [-0.05, 0) is 12.1 Å². The van der Waals surface area contributed by atoms with Crippen LogP contribution in [0.1, 0.15) is 12.1 Å². The van der Waals surface area contributed by atoms with E-state index in [1.807, 2.05) is 4.90 Å². The van der Waals surface area contributed by atoms with E-state index in [4.69, 9.17) is 4.74 Å². The molecule has 24 heavy (non-hydrogen) atoms. The summed E-state index contributed by atoms with van der Waals surface area (Å²) in [4.78, 5) is 15.3. The molecule has 7 nitrogen and oxygen atoms in total. The zero-order chi connectivity index (χ0) is 17.4. The number of rotatable bonds is 3. The zero-order valence-electron chi connectivity index (χ0n) is 12.8. The molecule has 2 fully saturated rings. The maximum absolute atomic E-state index is 12.5. The molecule has 2 aliphatic rings. The predicted molar refractivity (Wildman–Crippen MR) is 76.6 cm³/mol. The van der Waals surface area contributed by atoms with Crippen LogP contribution >= 0.6 is 0 Å². The van der Waals surface area contributed by atoms with E-state index >= 15 is 0 Å². The molecule has 0 saturated carbocycles. The molecule has 3 heterocycles. The van der Waals surface area contributed by atoms with Crippen molar-refractivity contribution in [3.8, 4) is 0 Å². The fourth-order valence-corrected chi connectivity index (χ4v) is 3.12. The third-order valence-electron chi connectivity index (χ3n) is 4.55. The van der Waals surface area contributed by atoms with Crippen LogP contribution in [0.4, 0.5) is 19.0 Å². The normalized spacial score (nSPS) is 25.9. The second-order valence-corrected chi connectivity index (χ2v) is 5.89. The molecule has 1 aromatic rings. The number of halogens is 3. The molecule has 2 aliphatic heterocycles. The summed E-state index contributed by atoms with van der Waals surface area (Å²) in [5.74, 6) is -0.544. The van der Waals surface area contributed by atoms with Gasteiger partial charge in [-0.1, -0.05) is 0 Å². The Hall–Kier alpha value is -1.94. The average Bonchev–Trinajstić information content (AvgIpc) is 3.05. The van der Waals surface area contributed by atoms with Gasteiger partial charge in [0, 0.05) is 39.2 Å². The van der Waals surface area contributed by atoms with E-state index in [-0.39, 0.29) is 6.61 Å². The third kappa shape index (κ3) is 3.03. The molecule has 1 aromatic heterocycles. The van der Waals surface area contributed by atoms with Crippen molar-refractivity contribution in [2.24, 2.45) is 0 Å². The van der Waals surface area contributed by atoms with E-state index in [0.717, 1.165) is 6.07 Å². The molecule has 1 N–H and O–H groups in total. The lowest BCUT2D eigenvalue weighted by Gasteiger charge is -2.42. The van der Waals surface area contributed by atoms with Crippen LogP contribution in [0.2, 0.25) is 0 Å². The number of piperazine rings is 1. The van der Waals surface area contributed by atoms with Gasteiger partial charge in [-0.2, -0.15) is 13.2 Å². The van der Waals surface area contributed by atoms with Crippen LogP contribution in [0.5, 0.6) is 0 Å². The van der Waals surface area contributed by atoms with E-state index in [1.165, 1.54) is 6.07 Å². The zero-order valence-corrected chi connectivity index (χ0v) is 12.8. The van der Waals surface area contributed by atoms with Crippen LogP contribution in [0.3, 0.4) is 0 Å². The number of nitrogens with zero attached hydrogens (tertiary/aromatic N) is 4. The van der Waals surface area contributed by atoms with Crippen molar-refractivity contribution in [1.82, 2.24) is 15.1 Å². The highest BCUT2D eigenvalue weighted by Crippen LogP contribution is 2.30. The van der Waals surface area contributed by atoms with Gasteiger partial charge in [-0.25, -0.2) is 0 Å². The monoisotopic (exact) mass is 346 g/mol. The van der Waals surface area contributed by atoms with Crippen molar-refractivity contribution in [2.75, 3.05) is 44.3 Å². The molecule has 0 radical (unpaired) electrons. The minimum Gasteiger partial charge on any atom is -0.480 e. The summed E-state index contributed by atoms with van der Waals surface area (Å²) in [5, 5.41) is 16.4. The van der Waals surface area contributed by atoms with Gasteiger partial charge in [0.05, 0.1) is 6.61 Å². The quantitative estimate of drug-likeness (QED) is 0.870. The van der Waals surface area contributed by atoms with Gasteiger partial charge < -0.3 is 14.7 Å². The Morgan fingerprint density at radius 1 is 1.21 bits per heavy atom. The fraction of sp³-hybridized carbons (Fsp3) is 0.643. The lowest BCUT2D eigenvalue weighted by Crippen LogP contribution is -2.61. The molecule has 1 unspecified atom stereocenters. The first-order valence-electron chi connectivity index (χ1n) is 7.55. The number of carboxylic acid groups (broad SMARTS) is 1. The summed E-state index contributed by atoms with van der Waals surface area (Å²) < 4.78 is 42.8. The van der Waals surface area contributed by atoms with Crippen LogP contribution in [0.15, 0.2) is 12.1 Å². The molecule has 0 amide bonds. The SMILES string of the molecule is O=C(O)C1(N2CCN(c3ccc(C(F)(F)F)nn3)CC2)CCOC1. The van der Waals surface area contributed by atoms with Crippen molar-refractivity contribution in [1.29, 1.82) is 0 Å². The molecule has 0 bridgehead atoms. The van der Waals surface area contributed by atoms with Gasteiger partial charge in [-0.15, -0.1) is 10.2 Å². The summed E-state index contributed by atoms with van der Waals surface area (Å²) >= 11 is 0. The molecular formula is C14H17F3N4O3. The second kappa shape index (κ2) is 6.17. The molecular weight excluding hydrogens is 329 g/mol. The van der Waals surface area contributed by atoms with Crippen LogP contribution < -0.4 is 4.90 Å². The van der Waals surface area contributed by atoms with Crippen LogP contribution in [0.25, 0.3) is 0 Å². The number of hydrogen-bond donors (Lipinski definition) is 1. The Kier molecular flexibility index (Phi) is 4.35. The van der Waals surface area contributed by atoms with E-state index in [1.54, 1.807) is 4.90 Å². The highest BCUT2D eigenvalue weighted by Gasteiger charge is 2.48. The van der Waals surface area contributed by atoms with Crippen LogP contribution in [0, 0.1) is 0 Å². The summed E-state index contributed by atoms with van der Waals surface area (Å²) in [6, 6.07) is 2.19. The standard InChI is InChI=1S/C14H17F3N4O3/c15-14(16,17)10-1-2-11(19-18-10)20-4-6-21(7-5-20)13(12(22)23)3-8-24-9-13/h1-2H,3-9H2,(H,22,23).